The standard InChI is InChI=1S/C20H30N2O2/c1-15(2)24-18-8-4-7-17(13-18)14-21-11-5-9-19(21)20-10-6-12-22(20)16(3)23/h4,7-8,13,15,19-20H,5-6,9-12,14H2,1-3H3/t19-,20+/m1/s1. The van der Waals surface area contributed by atoms with Crippen molar-refractivity contribution in [2.24, 2.45) is 0 Å². The molecule has 4 nitrogen and oxygen atoms in total. The van der Waals surface area contributed by atoms with Gasteiger partial charge in [-0.15, -0.1) is 0 Å². The number of benzene rings is 1. The molecule has 0 unspecified atom stereocenters. The minimum Gasteiger partial charge on any atom is -0.491 e. The van der Waals surface area contributed by atoms with E-state index in [1.54, 1.807) is 6.92 Å². The van der Waals surface area contributed by atoms with Gasteiger partial charge in [-0.2, -0.15) is 0 Å². The molecule has 2 fully saturated rings. The molecule has 2 saturated heterocycles. The van der Waals surface area contributed by atoms with Crippen LogP contribution in [0, 0.1) is 0 Å². The lowest BCUT2D eigenvalue weighted by Crippen LogP contribution is -2.47. The summed E-state index contributed by atoms with van der Waals surface area (Å²) >= 11 is 0. The third kappa shape index (κ3) is 3.92. The Morgan fingerprint density at radius 2 is 1.96 bits per heavy atom. The van der Waals surface area contributed by atoms with Gasteiger partial charge in [-0.1, -0.05) is 12.1 Å². The first kappa shape index (κ1) is 17.3. The summed E-state index contributed by atoms with van der Waals surface area (Å²) in [5.74, 6) is 1.18. The van der Waals surface area contributed by atoms with Gasteiger partial charge in [0, 0.05) is 32.1 Å². The van der Waals surface area contributed by atoms with Crippen LogP contribution in [0.1, 0.15) is 52.0 Å². The molecule has 0 aromatic heterocycles. The Morgan fingerprint density at radius 3 is 2.71 bits per heavy atom. The number of amides is 1. The zero-order valence-corrected chi connectivity index (χ0v) is 15.2. The zero-order valence-electron chi connectivity index (χ0n) is 15.2. The molecule has 0 bridgehead atoms. The van der Waals surface area contributed by atoms with Crippen molar-refractivity contribution in [3.8, 4) is 5.75 Å². The number of hydrogen-bond donors (Lipinski definition) is 0. The second kappa shape index (κ2) is 7.56. The lowest BCUT2D eigenvalue weighted by molar-refractivity contribution is -0.130. The summed E-state index contributed by atoms with van der Waals surface area (Å²) < 4.78 is 5.82. The van der Waals surface area contributed by atoms with E-state index in [-0.39, 0.29) is 12.0 Å². The Balaban J connectivity index is 1.69. The summed E-state index contributed by atoms with van der Waals surface area (Å²) in [5, 5.41) is 0. The average Bonchev–Trinajstić information content (AvgIpc) is 3.15. The average molecular weight is 330 g/mol. The Bertz CT molecular complexity index is 573. The van der Waals surface area contributed by atoms with E-state index >= 15 is 0 Å². The number of hydrogen-bond acceptors (Lipinski definition) is 3. The minimum absolute atomic E-state index is 0.197. The van der Waals surface area contributed by atoms with E-state index < -0.39 is 0 Å². The van der Waals surface area contributed by atoms with Crippen molar-refractivity contribution in [3.63, 3.8) is 0 Å². The highest BCUT2D eigenvalue weighted by Crippen LogP contribution is 2.31. The lowest BCUT2D eigenvalue weighted by Gasteiger charge is -2.34. The molecule has 0 aliphatic carbocycles. The van der Waals surface area contributed by atoms with Crippen molar-refractivity contribution >= 4 is 5.91 Å². The molecule has 1 aromatic carbocycles. The predicted octanol–water partition coefficient (Wildman–Crippen LogP) is 3.45. The van der Waals surface area contributed by atoms with Gasteiger partial charge >= 0.3 is 0 Å². The van der Waals surface area contributed by atoms with E-state index in [4.69, 9.17) is 4.74 Å². The first-order valence-electron chi connectivity index (χ1n) is 9.31. The van der Waals surface area contributed by atoms with E-state index in [1.165, 1.54) is 18.4 Å². The van der Waals surface area contributed by atoms with Crippen molar-refractivity contribution < 1.29 is 9.53 Å². The number of carbonyl (C=O) groups is 1. The smallest absolute Gasteiger partial charge is 0.219 e. The molecule has 2 aliphatic heterocycles. The Morgan fingerprint density at radius 1 is 1.21 bits per heavy atom. The molecular formula is C20H30N2O2. The van der Waals surface area contributed by atoms with E-state index in [0.717, 1.165) is 38.2 Å². The van der Waals surface area contributed by atoms with Crippen molar-refractivity contribution in [2.45, 2.75) is 71.2 Å². The summed E-state index contributed by atoms with van der Waals surface area (Å²) in [4.78, 5) is 16.6. The summed E-state index contributed by atoms with van der Waals surface area (Å²) in [6.07, 6.45) is 4.93. The Kier molecular flexibility index (Phi) is 5.44. The van der Waals surface area contributed by atoms with Gasteiger partial charge in [-0.3, -0.25) is 9.69 Å². The maximum atomic E-state index is 11.9. The highest BCUT2D eigenvalue weighted by atomic mass is 16.5. The molecule has 0 saturated carbocycles. The van der Waals surface area contributed by atoms with Gasteiger partial charge in [0.15, 0.2) is 0 Å². The molecule has 2 atom stereocenters. The fourth-order valence-corrected chi connectivity index (χ4v) is 4.29. The normalized spacial score (nSPS) is 24.8. The molecule has 2 aliphatic rings. The fraction of sp³-hybridized carbons (Fsp3) is 0.650. The first-order chi connectivity index (χ1) is 11.5. The molecule has 0 spiro atoms. The highest BCUT2D eigenvalue weighted by Gasteiger charge is 2.38. The third-order valence-corrected chi connectivity index (χ3v) is 5.22. The van der Waals surface area contributed by atoms with E-state index in [2.05, 4.69) is 41.8 Å². The van der Waals surface area contributed by atoms with Crippen LogP contribution in [0.15, 0.2) is 24.3 Å². The minimum atomic E-state index is 0.197. The number of likely N-dealkylation sites (tertiary alicyclic amines) is 2. The van der Waals surface area contributed by atoms with Crippen molar-refractivity contribution in [1.82, 2.24) is 9.80 Å². The summed E-state index contributed by atoms with van der Waals surface area (Å²) in [6, 6.07) is 9.35. The topological polar surface area (TPSA) is 32.8 Å². The van der Waals surface area contributed by atoms with Crippen LogP contribution in [0.2, 0.25) is 0 Å². The predicted molar refractivity (Wildman–Crippen MR) is 96.0 cm³/mol. The van der Waals surface area contributed by atoms with Crippen LogP contribution in [0.3, 0.4) is 0 Å². The molecule has 1 aromatic rings. The molecule has 0 radical (unpaired) electrons. The summed E-state index contributed by atoms with van der Waals surface area (Å²) in [5.41, 5.74) is 1.30. The van der Waals surface area contributed by atoms with E-state index in [9.17, 15) is 4.79 Å². The lowest BCUT2D eigenvalue weighted by atomic mass is 10.0. The van der Waals surface area contributed by atoms with Gasteiger partial charge < -0.3 is 9.64 Å². The molecule has 2 heterocycles. The highest BCUT2D eigenvalue weighted by molar-refractivity contribution is 5.74. The van der Waals surface area contributed by atoms with E-state index in [0.29, 0.717) is 12.1 Å². The maximum Gasteiger partial charge on any atom is 0.219 e. The number of nitrogens with zero attached hydrogens (tertiary/aromatic N) is 2. The zero-order chi connectivity index (χ0) is 17.1. The van der Waals surface area contributed by atoms with Gasteiger partial charge in [0.2, 0.25) is 5.91 Å². The maximum absolute atomic E-state index is 11.9. The van der Waals surface area contributed by atoms with Crippen molar-refractivity contribution in [1.29, 1.82) is 0 Å². The van der Waals surface area contributed by atoms with E-state index in [1.807, 2.05) is 6.07 Å². The van der Waals surface area contributed by atoms with Gasteiger partial charge in [0.1, 0.15) is 5.75 Å². The second-order valence-corrected chi connectivity index (χ2v) is 7.42. The van der Waals surface area contributed by atoms with Crippen LogP contribution in [0.5, 0.6) is 5.75 Å². The first-order valence-corrected chi connectivity index (χ1v) is 9.31. The van der Waals surface area contributed by atoms with Crippen LogP contribution >= 0.6 is 0 Å². The number of carbonyl (C=O) groups excluding carboxylic acids is 1. The molecule has 132 valence electrons. The molecular weight excluding hydrogens is 300 g/mol. The van der Waals surface area contributed by atoms with Crippen LogP contribution in [0.4, 0.5) is 0 Å². The van der Waals surface area contributed by atoms with Gasteiger partial charge in [-0.05, 0) is 63.8 Å². The van der Waals surface area contributed by atoms with Crippen molar-refractivity contribution in [3.05, 3.63) is 29.8 Å². The van der Waals surface area contributed by atoms with Crippen LogP contribution in [-0.4, -0.2) is 47.0 Å². The monoisotopic (exact) mass is 330 g/mol. The summed E-state index contributed by atoms with van der Waals surface area (Å²) in [6.45, 7) is 8.83. The molecule has 0 N–H and O–H groups in total. The molecule has 3 rings (SSSR count). The largest absolute Gasteiger partial charge is 0.491 e. The van der Waals surface area contributed by atoms with Crippen LogP contribution in [-0.2, 0) is 11.3 Å². The molecule has 24 heavy (non-hydrogen) atoms. The van der Waals surface area contributed by atoms with Crippen LogP contribution < -0.4 is 4.74 Å². The SMILES string of the molecule is CC(=O)N1CCC[C@H]1[C@H]1CCCN1Cc1cccc(OC(C)C)c1. The number of rotatable bonds is 5. The molecule has 1 amide bonds. The van der Waals surface area contributed by atoms with Crippen LogP contribution in [0.25, 0.3) is 0 Å². The summed E-state index contributed by atoms with van der Waals surface area (Å²) in [7, 11) is 0. The van der Waals surface area contributed by atoms with Gasteiger partial charge in [-0.25, -0.2) is 0 Å². The third-order valence-electron chi connectivity index (χ3n) is 5.22. The fourth-order valence-electron chi connectivity index (χ4n) is 4.29. The Hall–Kier alpha value is -1.55. The quantitative estimate of drug-likeness (QED) is 0.829. The Labute approximate surface area is 145 Å². The second-order valence-electron chi connectivity index (χ2n) is 7.42. The number of ether oxygens (including phenoxy) is 1. The van der Waals surface area contributed by atoms with Gasteiger partial charge in [0.05, 0.1) is 6.10 Å². The molecule has 4 heteroatoms. The van der Waals surface area contributed by atoms with Crippen molar-refractivity contribution in [2.75, 3.05) is 13.1 Å². The van der Waals surface area contributed by atoms with Gasteiger partial charge in [0.25, 0.3) is 0 Å².